The van der Waals surface area contributed by atoms with Crippen LogP contribution in [0.3, 0.4) is 0 Å². The normalized spacial score (nSPS) is 10.9. The average Bonchev–Trinajstić information content (AvgIpc) is 2.55. The zero-order chi connectivity index (χ0) is 18.4. The molecule has 1 N–H and O–H groups in total. The Kier molecular flexibility index (Phi) is 6.65. The van der Waals surface area contributed by atoms with Gasteiger partial charge in [-0.3, -0.25) is 24.2 Å². The summed E-state index contributed by atoms with van der Waals surface area (Å²) in [6, 6.07) is 4.97. The Morgan fingerprint density at radius 3 is 2.80 bits per heavy atom. The number of carbonyl (C=O) groups is 2. The van der Waals surface area contributed by atoms with Crippen molar-refractivity contribution >= 4 is 33.6 Å². The van der Waals surface area contributed by atoms with E-state index in [9.17, 15) is 14.4 Å². The number of carbonyl (C=O) groups excluding carboxylic acids is 2. The molecule has 9 heteroatoms. The average molecular weight is 411 g/mol. The van der Waals surface area contributed by atoms with E-state index in [2.05, 4.69) is 31.0 Å². The molecule has 0 spiro atoms. The van der Waals surface area contributed by atoms with Gasteiger partial charge in [0.25, 0.3) is 5.56 Å². The molecule has 2 rings (SSSR count). The number of ether oxygens (including phenoxy) is 1. The second-order valence-electron chi connectivity index (χ2n) is 5.23. The summed E-state index contributed by atoms with van der Waals surface area (Å²) in [5.74, 6) is -0.471. The van der Waals surface area contributed by atoms with Crippen molar-refractivity contribution < 1.29 is 14.3 Å². The van der Waals surface area contributed by atoms with Gasteiger partial charge in [-0.15, -0.1) is 0 Å². The van der Waals surface area contributed by atoms with Crippen LogP contribution in [-0.4, -0.2) is 46.0 Å². The first-order valence-electron chi connectivity index (χ1n) is 7.79. The predicted molar refractivity (Wildman–Crippen MR) is 95.3 cm³/mol. The van der Waals surface area contributed by atoms with Crippen molar-refractivity contribution in [3.05, 3.63) is 44.9 Å². The minimum Gasteiger partial charge on any atom is -0.450 e. The molecule has 0 aliphatic carbocycles. The van der Waals surface area contributed by atoms with Crippen LogP contribution in [0.1, 0.15) is 19.5 Å². The van der Waals surface area contributed by atoms with E-state index in [0.717, 1.165) is 4.47 Å². The van der Waals surface area contributed by atoms with Gasteiger partial charge in [0.2, 0.25) is 5.91 Å². The van der Waals surface area contributed by atoms with Crippen LogP contribution in [0.5, 0.6) is 0 Å². The number of nitrogens with one attached hydrogen (secondary N) is 1. The molecular formula is C16H19BrN4O4. The van der Waals surface area contributed by atoms with E-state index >= 15 is 0 Å². The summed E-state index contributed by atoms with van der Waals surface area (Å²) in [5, 5.41) is 2.15. The molecule has 0 aliphatic rings. The predicted octanol–water partition coefficient (Wildman–Crippen LogP) is 1.55. The number of hydrogen-bond acceptors (Lipinski definition) is 6. The van der Waals surface area contributed by atoms with Gasteiger partial charge in [0.15, 0.2) is 0 Å². The van der Waals surface area contributed by atoms with Crippen molar-refractivity contribution in [3.63, 3.8) is 0 Å². The topological polar surface area (TPSA) is 93.0 Å². The van der Waals surface area contributed by atoms with E-state index in [1.165, 1.54) is 10.5 Å². The Balaban J connectivity index is 2.09. The smallest absolute Gasteiger partial charge is 0.413 e. The first-order chi connectivity index (χ1) is 11.9. The van der Waals surface area contributed by atoms with Crippen LogP contribution in [-0.2, 0) is 16.1 Å². The molecule has 0 aliphatic heterocycles. The number of nitrogens with zero attached hydrogens (tertiary/aromatic N) is 3. The van der Waals surface area contributed by atoms with Gasteiger partial charge in [-0.2, -0.15) is 0 Å². The summed E-state index contributed by atoms with van der Waals surface area (Å²) in [5.41, 5.74) is 0.879. The molecule has 2 amide bonds. The zero-order valence-electron chi connectivity index (χ0n) is 14.0. The zero-order valence-corrected chi connectivity index (χ0v) is 15.6. The first-order valence-corrected chi connectivity index (χ1v) is 8.59. The lowest BCUT2D eigenvalue weighted by molar-refractivity contribution is -0.121. The van der Waals surface area contributed by atoms with E-state index in [4.69, 9.17) is 0 Å². The number of fused-ring (bicyclic) bond motifs is 1. The summed E-state index contributed by atoms with van der Waals surface area (Å²) in [4.78, 5) is 41.5. The number of halogens is 1. The third-order valence-corrected chi connectivity index (χ3v) is 3.86. The van der Waals surface area contributed by atoms with Crippen LogP contribution in [0.2, 0.25) is 0 Å². The van der Waals surface area contributed by atoms with Gasteiger partial charge in [0, 0.05) is 23.3 Å². The third-order valence-electron chi connectivity index (χ3n) is 3.39. The van der Waals surface area contributed by atoms with Gasteiger partial charge in [0.1, 0.15) is 5.65 Å². The number of alkyl carbamates (subject to hydrolysis) is 1. The van der Waals surface area contributed by atoms with E-state index in [1.807, 2.05) is 6.92 Å². The summed E-state index contributed by atoms with van der Waals surface area (Å²) < 4.78 is 6.89. The second-order valence-corrected chi connectivity index (χ2v) is 6.15. The van der Waals surface area contributed by atoms with Crippen LogP contribution in [0.25, 0.3) is 5.65 Å². The maximum atomic E-state index is 12.2. The van der Waals surface area contributed by atoms with Gasteiger partial charge in [-0.1, -0.05) is 6.92 Å². The highest BCUT2D eigenvalue weighted by molar-refractivity contribution is 9.10. The molecule has 0 fully saturated rings. The molecule has 2 aromatic rings. The van der Waals surface area contributed by atoms with E-state index in [-0.39, 0.29) is 18.7 Å². The van der Waals surface area contributed by atoms with Crippen LogP contribution in [0.15, 0.2) is 33.7 Å². The van der Waals surface area contributed by atoms with Gasteiger partial charge in [-0.25, -0.2) is 9.78 Å². The lowest BCUT2D eigenvalue weighted by Gasteiger charge is -2.19. The maximum absolute atomic E-state index is 12.2. The minimum atomic E-state index is -0.767. The van der Waals surface area contributed by atoms with Crippen LogP contribution >= 0.6 is 15.9 Å². The quantitative estimate of drug-likeness (QED) is 0.776. The number of pyridine rings is 1. The van der Waals surface area contributed by atoms with E-state index < -0.39 is 12.0 Å². The highest BCUT2D eigenvalue weighted by atomic mass is 79.9. The second kappa shape index (κ2) is 8.72. The fraction of sp³-hybridized carbons (Fsp3) is 0.375. The molecule has 8 nitrogen and oxygen atoms in total. The fourth-order valence-corrected chi connectivity index (χ4v) is 2.58. The molecule has 0 atom stereocenters. The Morgan fingerprint density at radius 1 is 1.36 bits per heavy atom. The molecule has 134 valence electrons. The molecule has 25 heavy (non-hydrogen) atoms. The maximum Gasteiger partial charge on any atom is 0.413 e. The van der Waals surface area contributed by atoms with E-state index in [1.54, 1.807) is 30.2 Å². The fourth-order valence-electron chi connectivity index (χ4n) is 2.24. The molecule has 2 heterocycles. The van der Waals surface area contributed by atoms with Crippen molar-refractivity contribution in [1.82, 2.24) is 19.6 Å². The Labute approximate surface area is 152 Å². The van der Waals surface area contributed by atoms with Crippen molar-refractivity contribution in [2.45, 2.75) is 20.4 Å². The molecule has 0 radical (unpaired) electrons. The third kappa shape index (κ3) is 5.36. The number of imide groups is 1. The number of amides is 2. The van der Waals surface area contributed by atoms with Crippen LogP contribution in [0, 0.1) is 0 Å². The summed E-state index contributed by atoms with van der Waals surface area (Å²) >= 11 is 3.32. The Bertz CT molecular complexity index is 836. The lowest BCUT2D eigenvalue weighted by atomic mass is 10.3. The first kappa shape index (κ1) is 19.1. The van der Waals surface area contributed by atoms with Crippen molar-refractivity contribution in [2.75, 3.05) is 19.7 Å². The van der Waals surface area contributed by atoms with Gasteiger partial charge >= 0.3 is 6.09 Å². The van der Waals surface area contributed by atoms with Crippen molar-refractivity contribution in [1.29, 1.82) is 0 Å². The SMILES string of the molecule is CCOC(=O)NC(=O)CN(CC)Cc1cc(=O)n2cc(Br)ccc2n1. The molecule has 2 aromatic heterocycles. The number of hydrogen-bond donors (Lipinski definition) is 1. The summed E-state index contributed by atoms with van der Waals surface area (Å²) in [6.07, 6.45) is 0.884. The summed E-state index contributed by atoms with van der Waals surface area (Å²) in [7, 11) is 0. The van der Waals surface area contributed by atoms with Crippen LogP contribution in [0.4, 0.5) is 4.79 Å². The molecule has 0 saturated carbocycles. The van der Waals surface area contributed by atoms with Crippen molar-refractivity contribution in [3.8, 4) is 0 Å². The Morgan fingerprint density at radius 2 is 2.12 bits per heavy atom. The van der Waals surface area contributed by atoms with Gasteiger partial charge < -0.3 is 4.74 Å². The highest BCUT2D eigenvalue weighted by Gasteiger charge is 2.14. The highest BCUT2D eigenvalue weighted by Crippen LogP contribution is 2.10. The largest absolute Gasteiger partial charge is 0.450 e. The molecule has 0 saturated heterocycles. The lowest BCUT2D eigenvalue weighted by Crippen LogP contribution is -2.40. The minimum absolute atomic E-state index is 0.00327. The molecule has 0 aromatic carbocycles. The summed E-state index contributed by atoms with van der Waals surface area (Å²) in [6.45, 7) is 4.59. The van der Waals surface area contributed by atoms with Gasteiger partial charge in [-0.05, 0) is 41.5 Å². The number of aromatic nitrogens is 2. The molecular weight excluding hydrogens is 392 g/mol. The molecule has 0 unspecified atom stereocenters. The van der Waals surface area contributed by atoms with Crippen molar-refractivity contribution in [2.24, 2.45) is 0 Å². The standard InChI is InChI=1S/C16H19BrN4O4/c1-3-20(10-14(22)19-16(24)25-4-2)9-12-7-15(23)21-8-11(17)5-6-13(21)18-12/h5-8H,3-4,9-10H2,1-2H3,(H,19,22,24). The van der Waals surface area contributed by atoms with Gasteiger partial charge in [0.05, 0.1) is 18.8 Å². The Hall–Kier alpha value is -2.26. The number of likely N-dealkylation sites (N-methyl/N-ethyl adjacent to an activating group) is 1. The van der Waals surface area contributed by atoms with E-state index in [0.29, 0.717) is 24.4 Å². The number of rotatable bonds is 6. The monoisotopic (exact) mass is 410 g/mol. The van der Waals surface area contributed by atoms with Crippen LogP contribution < -0.4 is 10.9 Å². The molecule has 0 bridgehead atoms.